The fraction of sp³-hybridized carbons (Fsp3) is 0.167. The van der Waals surface area contributed by atoms with Crippen molar-refractivity contribution in [3.8, 4) is 11.4 Å². The molecule has 0 bridgehead atoms. The Morgan fingerprint density at radius 1 is 1.04 bits per heavy atom. The van der Waals surface area contributed by atoms with Gasteiger partial charge in [-0.05, 0) is 29.3 Å². The van der Waals surface area contributed by atoms with Crippen LogP contribution in [0.5, 0.6) is 0 Å². The molecule has 0 aliphatic heterocycles. The maximum atomic E-state index is 12.6. The van der Waals surface area contributed by atoms with Crippen molar-refractivity contribution in [2.75, 3.05) is 0 Å². The van der Waals surface area contributed by atoms with Gasteiger partial charge in [-0.1, -0.05) is 30.3 Å². The molecule has 0 fully saturated rings. The zero-order chi connectivity index (χ0) is 19.7. The first-order chi connectivity index (χ1) is 12.6. The Kier molecular flexibility index (Phi) is 5.07. The van der Waals surface area contributed by atoms with Gasteiger partial charge >= 0.3 is 6.18 Å². The Hall–Kier alpha value is -2.65. The molecule has 2 aromatic carbocycles. The lowest BCUT2D eigenvalue weighted by molar-refractivity contribution is -0.127. The molecule has 0 aliphatic carbocycles. The van der Waals surface area contributed by atoms with Crippen molar-refractivity contribution in [3.05, 3.63) is 72.1 Å². The summed E-state index contributed by atoms with van der Waals surface area (Å²) in [5, 5.41) is 5.08. The van der Waals surface area contributed by atoms with Gasteiger partial charge in [-0.3, -0.25) is 0 Å². The van der Waals surface area contributed by atoms with Crippen molar-refractivity contribution in [1.29, 1.82) is 0 Å². The number of sulfonamides is 1. The molecule has 3 aromatic rings. The van der Waals surface area contributed by atoms with E-state index in [4.69, 9.17) is 5.14 Å². The van der Waals surface area contributed by atoms with E-state index in [-0.39, 0.29) is 10.5 Å². The largest absolute Gasteiger partial charge is 0.393 e. The predicted octanol–water partition coefficient (Wildman–Crippen LogP) is 3.35. The number of aromatic nitrogens is 2. The van der Waals surface area contributed by atoms with Crippen LogP contribution in [-0.4, -0.2) is 24.1 Å². The van der Waals surface area contributed by atoms with E-state index >= 15 is 0 Å². The highest BCUT2D eigenvalue weighted by Gasteiger charge is 2.27. The number of alkyl halides is 3. The molecule has 0 amide bonds. The number of primary sulfonamides is 1. The molecule has 2 N–H and O–H groups in total. The van der Waals surface area contributed by atoms with Gasteiger partial charge in [0, 0.05) is 24.5 Å². The summed E-state index contributed by atoms with van der Waals surface area (Å²) in [6.07, 6.45) is -2.01. The zero-order valence-corrected chi connectivity index (χ0v) is 14.8. The van der Waals surface area contributed by atoms with Gasteiger partial charge in [0.05, 0.1) is 11.3 Å². The number of imidazole rings is 1. The smallest absolute Gasteiger partial charge is 0.327 e. The van der Waals surface area contributed by atoms with Crippen LogP contribution in [0.1, 0.15) is 11.1 Å². The average Bonchev–Trinajstić information content (AvgIpc) is 3.01. The molecule has 27 heavy (non-hydrogen) atoms. The number of rotatable bonds is 5. The second-order valence-corrected chi connectivity index (χ2v) is 7.62. The molecular weight excluding hydrogens is 379 g/mol. The van der Waals surface area contributed by atoms with Gasteiger partial charge in [-0.15, -0.1) is 0 Å². The normalized spacial score (nSPS) is 12.3. The van der Waals surface area contributed by atoms with Gasteiger partial charge in [0.25, 0.3) is 0 Å². The Labute approximate surface area is 154 Å². The van der Waals surface area contributed by atoms with Gasteiger partial charge in [0.15, 0.2) is 0 Å². The van der Waals surface area contributed by atoms with Gasteiger partial charge in [-0.25, -0.2) is 18.5 Å². The lowest BCUT2D eigenvalue weighted by Gasteiger charge is -2.11. The molecule has 3 rings (SSSR count). The lowest BCUT2D eigenvalue weighted by atomic mass is 10.1. The molecule has 0 radical (unpaired) electrons. The molecule has 142 valence electrons. The molecule has 0 saturated carbocycles. The van der Waals surface area contributed by atoms with Crippen LogP contribution in [0, 0.1) is 0 Å². The Morgan fingerprint density at radius 3 is 2.37 bits per heavy atom. The minimum Gasteiger partial charge on any atom is -0.327 e. The van der Waals surface area contributed by atoms with E-state index in [9.17, 15) is 21.6 Å². The van der Waals surface area contributed by atoms with Crippen molar-refractivity contribution < 1.29 is 21.6 Å². The second-order valence-electron chi connectivity index (χ2n) is 6.06. The van der Waals surface area contributed by atoms with Crippen molar-refractivity contribution in [3.63, 3.8) is 0 Å². The first-order valence-corrected chi connectivity index (χ1v) is 9.45. The van der Waals surface area contributed by atoms with E-state index in [0.29, 0.717) is 17.9 Å². The van der Waals surface area contributed by atoms with E-state index in [1.807, 2.05) is 0 Å². The van der Waals surface area contributed by atoms with Crippen molar-refractivity contribution in [1.82, 2.24) is 9.55 Å². The van der Waals surface area contributed by atoms with Crippen LogP contribution in [0.2, 0.25) is 0 Å². The summed E-state index contributed by atoms with van der Waals surface area (Å²) in [6.45, 7) is 0.379. The van der Waals surface area contributed by atoms with Crippen LogP contribution in [0.15, 0.2) is 65.8 Å². The van der Waals surface area contributed by atoms with Crippen LogP contribution in [0.4, 0.5) is 13.2 Å². The number of hydrogen-bond acceptors (Lipinski definition) is 3. The summed E-state index contributed by atoms with van der Waals surface area (Å²) < 4.78 is 62.3. The van der Waals surface area contributed by atoms with E-state index in [1.54, 1.807) is 41.2 Å². The number of benzene rings is 2. The molecule has 0 unspecified atom stereocenters. The van der Waals surface area contributed by atoms with Crippen molar-refractivity contribution >= 4 is 10.0 Å². The summed E-state index contributed by atoms with van der Waals surface area (Å²) >= 11 is 0. The van der Waals surface area contributed by atoms with Crippen LogP contribution < -0.4 is 5.14 Å². The number of hydrogen-bond donors (Lipinski definition) is 1. The highest BCUT2D eigenvalue weighted by atomic mass is 32.2. The zero-order valence-electron chi connectivity index (χ0n) is 14.0. The summed E-state index contributed by atoms with van der Waals surface area (Å²) in [6, 6.07) is 12.2. The van der Waals surface area contributed by atoms with Crippen LogP contribution in [-0.2, 0) is 23.0 Å². The summed E-state index contributed by atoms with van der Waals surface area (Å²) in [5.74, 6) is 0.523. The maximum absolute atomic E-state index is 12.6. The monoisotopic (exact) mass is 395 g/mol. The number of nitrogens with zero attached hydrogens (tertiary/aromatic N) is 2. The van der Waals surface area contributed by atoms with Gasteiger partial charge in [-0.2, -0.15) is 13.2 Å². The summed E-state index contributed by atoms with van der Waals surface area (Å²) in [5.41, 5.74) is 1.53. The average molecular weight is 395 g/mol. The Bertz CT molecular complexity index is 1040. The lowest BCUT2D eigenvalue weighted by Crippen LogP contribution is -2.12. The van der Waals surface area contributed by atoms with Gasteiger partial charge in [0.2, 0.25) is 10.0 Å². The fourth-order valence-corrected chi connectivity index (χ4v) is 3.25. The molecule has 0 aliphatic rings. The van der Waals surface area contributed by atoms with Gasteiger partial charge in [0.1, 0.15) is 5.82 Å². The summed E-state index contributed by atoms with van der Waals surface area (Å²) in [4.78, 5) is 4.25. The van der Waals surface area contributed by atoms with E-state index in [0.717, 1.165) is 5.56 Å². The first-order valence-electron chi connectivity index (χ1n) is 7.91. The van der Waals surface area contributed by atoms with E-state index < -0.39 is 22.6 Å². The highest BCUT2D eigenvalue weighted by molar-refractivity contribution is 7.89. The quantitative estimate of drug-likeness (QED) is 0.720. The van der Waals surface area contributed by atoms with Crippen molar-refractivity contribution in [2.45, 2.75) is 24.0 Å². The third-order valence-electron chi connectivity index (χ3n) is 3.91. The molecule has 9 heteroatoms. The van der Waals surface area contributed by atoms with E-state index in [1.165, 1.54) is 24.3 Å². The molecule has 1 aromatic heterocycles. The number of nitrogens with two attached hydrogens (primary N) is 1. The third kappa shape index (κ3) is 4.95. The van der Waals surface area contributed by atoms with Crippen LogP contribution in [0.25, 0.3) is 11.4 Å². The molecule has 0 spiro atoms. The fourth-order valence-electron chi connectivity index (χ4n) is 2.73. The topological polar surface area (TPSA) is 78.0 Å². The third-order valence-corrected chi connectivity index (χ3v) is 4.84. The maximum Gasteiger partial charge on any atom is 0.393 e. The molecular formula is C18H16F3N3O2S. The molecule has 5 nitrogen and oxygen atoms in total. The van der Waals surface area contributed by atoms with Crippen LogP contribution >= 0.6 is 0 Å². The second kappa shape index (κ2) is 7.16. The van der Waals surface area contributed by atoms with Crippen molar-refractivity contribution in [2.24, 2.45) is 5.14 Å². The Morgan fingerprint density at radius 2 is 1.74 bits per heavy atom. The predicted molar refractivity (Wildman–Crippen MR) is 94.3 cm³/mol. The SMILES string of the molecule is NS(=O)(=O)c1ccc(Cn2ccnc2-c2cccc(CC(F)(F)F)c2)cc1. The van der Waals surface area contributed by atoms with E-state index in [2.05, 4.69) is 4.98 Å². The molecule has 1 heterocycles. The molecule has 0 atom stereocenters. The highest BCUT2D eigenvalue weighted by Crippen LogP contribution is 2.25. The number of halogens is 3. The van der Waals surface area contributed by atoms with Crippen LogP contribution in [0.3, 0.4) is 0 Å². The summed E-state index contributed by atoms with van der Waals surface area (Å²) in [7, 11) is -3.76. The minimum atomic E-state index is -4.28. The minimum absolute atomic E-state index is 0.0111. The van der Waals surface area contributed by atoms with Gasteiger partial charge < -0.3 is 4.57 Å². The Balaban J connectivity index is 1.85. The molecule has 0 saturated heterocycles. The first kappa shape index (κ1) is 19.1. The standard InChI is InChI=1S/C18H16F3N3O2S/c19-18(20,21)11-14-2-1-3-15(10-14)17-23-8-9-24(17)12-13-4-6-16(7-5-13)27(22,25)26/h1-10H,11-12H2,(H2,22,25,26).